The SMILES string of the molecule is CN(C)C(=O)N1CCC(C(=O)N=c2sccn2Cc2ccccc2Cl)CC1. The zero-order valence-corrected chi connectivity index (χ0v) is 17.0. The third kappa shape index (κ3) is 4.78. The summed E-state index contributed by atoms with van der Waals surface area (Å²) in [6, 6.07) is 7.66. The number of piperidine rings is 1. The Hall–Kier alpha value is -2.12. The molecule has 6 nitrogen and oxygen atoms in total. The Balaban J connectivity index is 1.68. The van der Waals surface area contributed by atoms with Crippen molar-refractivity contribution in [2.24, 2.45) is 10.9 Å². The fraction of sp³-hybridized carbons (Fsp3) is 0.421. The molecule has 1 fully saturated rings. The van der Waals surface area contributed by atoms with E-state index in [0.29, 0.717) is 42.3 Å². The molecule has 27 heavy (non-hydrogen) atoms. The van der Waals surface area contributed by atoms with E-state index in [1.165, 1.54) is 11.3 Å². The summed E-state index contributed by atoms with van der Waals surface area (Å²) in [6.45, 7) is 1.76. The van der Waals surface area contributed by atoms with Gasteiger partial charge in [-0.15, -0.1) is 11.3 Å². The highest BCUT2D eigenvalue weighted by Crippen LogP contribution is 2.19. The average Bonchev–Trinajstić information content (AvgIpc) is 3.09. The number of benzene rings is 1. The zero-order chi connectivity index (χ0) is 19.4. The van der Waals surface area contributed by atoms with Crippen molar-refractivity contribution in [2.75, 3.05) is 27.2 Å². The van der Waals surface area contributed by atoms with Crippen LogP contribution in [-0.2, 0) is 11.3 Å². The highest BCUT2D eigenvalue weighted by molar-refractivity contribution is 7.07. The zero-order valence-electron chi connectivity index (χ0n) is 15.5. The van der Waals surface area contributed by atoms with Crippen LogP contribution in [0.25, 0.3) is 0 Å². The van der Waals surface area contributed by atoms with Crippen LogP contribution in [0.15, 0.2) is 40.8 Å². The summed E-state index contributed by atoms with van der Waals surface area (Å²) in [5, 5.41) is 2.62. The molecule has 1 aliphatic heterocycles. The van der Waals surface area contributed by atoms with Crippen LogP contribution < -0.4 is 4.80 Å². The second-order valence-corrected chi connectivity index (χ2v) is 8.07. The molecule has 2 aromatic rings. The largest absolute Gasteiger partial charge is 0.331 e. The lowest BCUT2D eigenvalue weighted by molar-refractivity contribution is -0.123. The van der Waals surface area contributed by atoms with E-state index in [1.807, 2.05) is 40.4 Å². The number of hydrogen-bond donors (Lipinski definition) is 0. The lowest BCUT2D eigenvalue weighted by Crippen LogP contribution is -2.44. The first-order chi connectivity index (χ1) is 13.0. The second-order valence-electron chi connectivity index (χ2n) is 6.79. The van der Waals surface area contributed by atoms with E-state index in [-0.39, 0.29) is 17.9 Å². The van der Waals surface area contributed by atoms with Gasteiger partial charge in [0.2, 0.25) is 0 Å². The van der Waals surface area contributed by atoms with Gasteiger partial charge in [-0.3, -0.25) is 4.79 Å². The summed E-state index contributed by atoms with van der Waals surface area (Å²) in [4.78, 5) is 33.0. The number of thiazole rings is 1. The maximum Gasteiger partial charge on any atom is 0.319 e. The molecule has 8 heteroatoms. The van der Waals surface area contributed by atoms with Crippen molar-refractivity contribution < 1.29 is 9.59 Å². The lowest BCUT2D eigenvalue weighted by atomic mass is 9.96. The first-order valence-corrected chi connectivity index (χ1v) is 10.1. The van der Waals surface area contributed by atoms with Crippen molar-refractivity contribution in [2.45, 2.75) is 19.4 Å². The first kappa shape index (κ1) is 19.6. The van der Waals surface area contributed by atoms with E-state index in [9.17, 15) is 9.59 Å². The Morgan fingerprint density at radius 2 is 1.96 bits per heavy atom. The average molecular weight is 407 g/mol. The van der Waals surface area contributed by atoms with Gasteiger partial charge in [-0.1, -0.05) is 29.8 Å². The molecule has 1 aromatic carbocycles. The van der Waals surface area contributed by atoms with Gasteiger partial charge in [0.05, 0.1) is 6.54 Å². The first-order valence-electron chi connectivity index (χ1n) is 8.88. The van der Waals surface area contributed by atoms with E-state index >= 15 is 0 Å². The van der Waals surface area contributed by atoms with E-state index in [2.05, 4.69) is 4.99 Å². The quantitative estimate of drug-likeness (QED) is 0.786. The van der Waals surface area contributed by atoms with Gasteiger partial charge >= 0.3 is 6.03 Å². The van der Waals surface area contributed by atoms with Crippen LogP contribution in [0.5, 0.6) is 0 Å². The highest BCUT2D eigenvalue weighted by Gasteiger charge is 2.27. The number of halogens is 1. The summed E-state index contributed by atoms with van der Waals surface area (Å²) < 4.78 is 1.94. The molecule has 3 amide bonds. The third-order valence-electron chi connectivity index (χ3n) is 4.66. The molecule has 0 atom stereocenters. The number of carbonyl (C=O) groups excluding carboxylic acids is 2. The number of hydrogen-bond acceptors (Lipinski definition) is 3. The third-order valence-corrected chi connectivity index (χ3v) is 5.82. The Bertz CT molecular complexity index is 882. The van der Waals surface area contributed by atoms with Gasteiger partial charge in [0.1, 0.15) is 0 Å². The molecule has 0 spiro atoms. The van der Waals surface area contributed by atoms with Crippen LogP contribution >= 0.6 is 22.9 Å². The summed E-state index contributed by atoms with van der Waals surface area (Å²) in [5.74, 6) is -0.241. The fourth-order valence-corrected chi connectivity index (χ4v) is 4.03. The van der Waals surface area contributed by atoms with Gasteiger partial charge in [-0.05, 0) is 24.5 Å². The number of urea groups is 1. The Kier molecular flexibility index (Phi) is 6.34. The Morgan fingerprint density at radius 1 is 1.26 bits per heavy atom. The smallest absolute Gasteiger partial charge is 0.319 e. The Labute approximate surface area is 167 Å². The van der Waals surface area contributed by atoms with Crippen molar-refractivity contribution in [1.29, 1.82) is 0 Å². The van der Waals surface area contributed by atoms with Crippen molar-refractivity contribution in [3.05, 3.63) is 51.2 Å². The van der Waals surface area contributed by atoms with Crippen LogP contribution in [0.3, 0.4) is 0 Å². The van der Waals surface area contributed by atoms with Crippen molar-refractivity contribution in [3.8, 4) is 0 Å². The summed E-state index contributed by atoms with van der Waals surface area (Å²) >= 11 is 7.68. The molecule has 2 heterocycles. The molecule has 1 aromatic heterocycles. The van der Waals surface area contributed by atoms with Crippen LogP contribution in [0.4, 0.5) is 4.79 Å². The highest BCUT2D eigenvalue weighted by atomic mass is 35.5. The van der Waals surface area contributed by atoms with Crippen molar-refractivity contribution in [3.63, 3.8) is 0 Å². The predicted molar refractivity (Wildman–Crippen MR) is 107 cm³/mol. The number of carbonyl (C=O) groups is 2. The maximum atomic E-state index is 12.6. The minimum Gasteiger partial charge on any atom is -0.331 e. The van der Waals surface area contributed by atoms with Gasteiger partial charge in [-0.25, -0.2) is 4.79 Å². The van der Waals surface area contributed by atoms with Gasteiger partial charge in [-0.2, -0.15) is 4.99 Å². The fourth-order valence-electron chi connectivity index (χ4n) is 3.10. The summed E-state index contributed by atoms with van der Waals surface area (Å²) in [5.41, 5.74) is 0.988. The molecule has 0 aliphatic carbocycles. The standard InChI is InChI=1S/C19H23ClN4O2S/c1-22(2)19(26)23-9-7-14(8-10-23)17(25)21-18-24(11-12-27-18)13-15-5-3-4-6-16(15)20/h3-6,11-12,14H,7-10,13H2,1-2H3. The van der Waals surface area contributed by atoms with Crippen LogP contribution in [-0.4, -0.2) is 53.5 Å². The van der Waals surface area contributed by atoms with E-state index < -0.39 is 0 Å². The van der Waals surface area contributed by atoms with Crippen molar-refractivity contribution >= 4 is 34.9 Å². The number of aromatic nitrogens is 1. The van der Waals surface area contributed by atoms with Crippen molar-refractivity contribution in [1.82, 2.24) is 14.4 Å². The molecule has 0 radical (unpaired) electrons. The molecule has 1 saturated heterocycles. The molecule has 0 saturated carbocycles. The van der Waals surface area contributed by atoms with Crippen LogP contribution in [0, 0.1) is 5.92 Å². The Morgan fingerprint density at radius 3 is 2.63 bits per heavy atom. The lowest BCUT2D eigenvalue weighted by Gasteiger charge is -2.32. The van der Waals surface area contributed by atoms with Gasteiger partial charge < -0.3 is 14.4 Å². The minimum atomic E-state index is -0.132. The number of rotatable bonds is 3. The van der Waals surface area contributed by atoms with E-state index in [0.717, 1.165) is 5.56 Å². The topological polar surface area (TPSA) is 57.9 Å². The molecule has 1 aliphatic rings. The molecule has 0 bridgehead atoms. The molecule has 0 N–H and O–H groups in total. The monoisotopic (exact) mass is 406 g/mol. The second kappa shape index (κ2) is 8.71. The molecular formula is C19H23ClN4O2S. The maximum absolute atomic E-state index is 12.6. The molecule has 0 unspecified atom stereocenters. The molecule has 3 rings (SSSR count). The minimum absolute atomic E-state index is 0.00586. The molecular weight excluding hydrogens is 384 g/mol. The van der Waals surface area contributed by atoms with Gasteiger partial charge in [0, 0.05) is 49.7 Å². The van der Waals surface area contributed by atoms with Gasteiger partial charge in [0.15, 0.2) is 4.80 Å². The number of nitrogens with zero attached hydrogens (tertiary/aromatic N) is 4. The number of likely N-dealkylation sites (tertiary alicyclic amines) is 1. The van der Waals surface area contributed by atoms with E-state index in [1.54, 1.807) is 23.9 Å². The van der Waals surface area contributed by atoms with E-state index in [4.69, 9.17) is 11.6 Å². The predicted octanol–water partition coefficient (Wildman–Crippen LogP) is 3.07. The number of amides is 3. The summed E-state index contributed by atoms with van der Waals surface area (Å²) in [6.07, 6.45) is 3.22. The van der Waals surface area contributed by atoms with Gasteiger partial charge in [0.25, 0.3) is 5.91 Å². The van der Waals surface area contributed by atoms with Crippen LogP contribution in [0.1, 0.15) is 18.4 Å². The summed E-state index contributed by atoms with van der Waals surface area (Å²) in [7, 11) is 3.48. The normalized spacial score (nSPS) is 15.8. The van der Waals surface area contributed by atoms with Crippen LogP contribution in [0.2, 0.25) is 5.02 Å². The molecule has 144 valence electrons.